The van der Waals surface area contributed by atoms with Crippen molar-refractivity contribution in [3.05, 3.63) is 28.5 Å². The van der Waals surface area contributed by atoms with Crippen molar-refractivity contribution in [1.29, 1.82) is 0 Å². The molecule has 0 aliphatic carbocycles. The molecule has 0 saturated carbocycles. The normalized spacial score (nSPS) is 20.9. The molecular weight excluding hydrogens is 349 g/mol. The molecule has 1 aromatic rings. The molecule has 0 aromatic heterocycles. The van der Waals surface area contributed by atoms with Gasteiger partial charge in [-0.2, -0.15) is 0 Å². The molecule has 1 aromatic carbocycles. The first-order valence-electron chi connectivity index (χ1n) is 6.39. The lowest BCUT2D eigenvalue weighted by Crippen LogP contribution is -2.40. The highest BCUT2D eigenvalue weighted by Crippen LogP contribution is 2.24. The quantitative estimate of drug-likeness (QED) is 0.823. The number of ether oxygens (including phenoxy) is 1. The molecule has 0 radical (unpaired) electrons. The number of nitrogens with zero attached hydrogens (tertiary/aromatic N) is 1. The van der Waals surface area contributed by atoms with Crippen LogP contribution >= 0.6 is 15.9 Å². The first kappa shape index (κ1) is 15.7. The molecule has 1 aliphatic rings. The first-order valence-corrected chi connectivity index (χ1v) is 9.03. The highest BCUT2D eigenvalue weighted by Gasteiger charge is 2.26. The van der Waals surface area contributed by atoms with Crippen LogP contribution in [0.25, 0.3) is 0 Å². The van der Waals surface area contributed by atoms with E-state index in [9.17, 15) is 12.8 Å². The van der Waals surface area contributed by atoms with Crippen LogP contribution in [0.3, 0.4) is 0 Å². The van der Waals surface area contributed by atoms with Gasteiger partial charge in [-0.05, 0) is 47.0 Å². The molecular formula is C13H17BrFNO3S. The van der Waals surface area contributed by atoms with E-state index >= 15 is 0 Å². The zero-order chi connectivity index (χ0) is 14.8. The molecule has 20 heavy (non-hydrogen) atoms. The van der Waals surface area contributed by atoms with Crippen LogP contribution < -0.4 is 4.74 Å². The Balaban J connectivity index is 1.92. The second-order valence-corrected chi connectivity index (χ2v) is 7.85. The molecule has 112 valence electrons. The van der Waals surface area contributed by atoms with E-state index in [0.717, 1.165) is 12.8 Å². The second kappa shape index (κ2) is 6.41. The van der Waals surface area contributed by atoms with Crippen LogP contribution in [0.15, 0.2) is 22.7 Å². The minimum Gasteiger partial charge on any atom is -0.493 e. The van der Waals surface area contributed by atoms with E-state index in [1.165, 1.54) is 16.6 Å². The number of hydrogen-bond acceptors (Lipinski definition) is 3. The van der Waals surface area contributed by atoms with E-state index in [2.05, 4.69) is 15.9 Å². The molecule has 0 amide bonds. The molecule has 0 N–H and O–H groups in total. The van der Waals surface area contributed by atoms with Crippen molar-refractivity contribution >= 4 is 26.0 Å². The van der Waals surface area contributed by atoms with Crippen molar-refractivity contribution in [3.8, 4) is 5.75 Å². The summed E-state index contributed by atoms with van der Waals surface area (Å²) in [6.45, 7) is 1.50. The van der Waals surface area contributed by atoms with Gasteiger partial charge >= 0.3 is 0 Å². The summed E-state index contributed by atoms with van der Waals surface area (Å²) in [5.41, 5.74) is 0. The van der Waals surface area contributed by atoms with E-state index in [-0.39, 0.29) is 11.7 Å². The number of hydrogen-bond donors (Lipinski definition) is 0. The van der Waals surface area contributed by atoms with Gasteiger partial charge in [0, 0.05) is 19.0 Å². The van der Waals surface area contributed by atoms with E-state index in [0.29, 0.717) is 29.9 Å². The maximum Gasteiger partial charge on any atom is 0.211 e. The lowest BCUT2D eigenvalue weighted by atomic mass is 10.0. The largest absolute Gasteiger partial charge is 0.493 e. The topological polar surface area (TPSA) is 46.6 Å². The van der Waals surface area contributed by atoms with Gasteiger partial charge in [0.05, 0.1) is 17.3 Å². The molecule has 1 heterocycles. The summed E-state index contributed by atoms with van der Waals surface area (Å²) in [6.07, 6.45) is 3.01. The van der Waals surface area contributed by atoms with Gasteiger partial charge in [-0.25, -0.2) is 17.1 Å². The number of rotatable bonds is 4. The van der Waals surface area contributed by atoms with E-state index < -0.39 is 10.0 Å². The second-order valence-electron chi connectivity index (χ2n) is 5.02. The van der Waals surface area contributed by atoms with Gasteiger partial charge in [-0.3, -0.25) is 0 Å². The lowest BCUT2D eigenvalue weighted by Gasteiger charge is -2.30. The van der Waals surface area contributed by atoms with Crippen molar-refractivity contribution in [3.63, 3.8) is 0 Å². The van der Waals surface area contributed by atoms with Crippen LogP contribution in [-0.4, -0.2) is 38.7 Å². The number of benzene rings is 1. The van der Waals surface area contributed by atoms with Gasteiger partial charge in [0.25, 0.3) is 0 Å². The summed E-state index contributed by atoms with van der Waals surface area (Å²) in [7, 11) is -3.13. The Morgan fingerprint density at radius 2 is 2.25 bits per heavy atom. The van der Waals surface area contributed by atoms with Gasteiger partial charge in [0.2, 0.25) is 10.0 Å². The van der Waals surface area contributed by atoms with Crippen molar-refractivity contribution in [1.82, 2.24) is 4.31 Å². The van der Waals surface area contributed by atoms with Gasteiger partial charge in [-0.15, -0.1) is 0 Å². The Labute approximate surface area is 127 Å². The number of piperidine rings is 1. The highest BCUT2D eigenvalue weighted by molar-refractivity contribution is 9.10. The Morgan fingerprint density at radius 3 is 2.90 bits per heavy atom. The Morgan fingerprint density at radius 1 is 1.50 bits per heavy atom. The molecule has 1 fully saturated rings. The Bertz CT molecular complexity index is 579. The lowest BCUT2D eigenvalue weighted by molar-refractivity contribution is 0.180. The van der Waals surface area contributed by atoms with E-state index in [1.54, 1.807) is 12.1 Å². The smallest absolute Gasteiger partial charge is 0.211 e. The Kier molecular flexibility index (Phi) is 5.04. The third-order valence-corrected chi connectivity index (χ3v) is 5.20. The molecule has 1 unspecified atom stereocenters. The summed E-state index contributed by atoms with van der Waals surface area (Å²) in [5, 5.41) is 0. The van der Waals surface area contributed by atoms with Crippen molar-refractivity contribution in [2.24, 2.45) is 5.92 Å². The molecule has 7 heteroatoms. The van der Waals surface area contributed by atoms with Crippen LogP contribution in [0.2, 0.25) is 0 Å². The fourth-order valence-electron chi connectivity index (χ4n) is 2.24. The van der Waals surface area contributed by atoms with Crippen LogP contribution in [0.5, 0.6) is 5.75 Å². The van der Waals surface area contributed by atoms with Crippen LogP contribution in [-0.2, 0) is 10.0 Å². The molecule has 4 nitrogen and oxygen atoms in total. The average Bonchev–Trinajstić information content (AvgIpc) is 2.39. The predicted molar refractivity (Wildman–Crippen MR) is 78.7 cm³/mol. The molecule has 1 aliphatic heterocycles. The van der Waals surface area contributed by atoms with Crippen LogP contribution in [0.1, 0.15) is 12.8 Å². The molecule has 2 rings (SSSR count). The zero-order valence-electron chi connectivity index (χ0n) is 11.2. The van der Waals surface area contributed by atoms with Crippen molar-refractivity contribution in [2.45, 2.75) is 12.8 Å². The summed E-state index contributed by atoms with van der Waals surface area (Å²) >= 11 is 3.11. The van der Waals surface area contributed by atoms with Gasteiger partial charge in [-0.1, -0.05) is 0 Å². The fraction of sp³-hybridized carbons (Fsp3) is 0.538. The Hall–Kier alpha value is -0.660. The van der Waals surface area contributed by atoms with Gasteiger partial charge in [0.1, 0.15) is 11.6 Å². The van der Waals surface area contributed by atoms with Gasteiger partial charge < -0.3 is 4.74 Å². The monoisotopic (exact) mass is 365 g/mol. The summed E-state index contributed by atoms with van der Waals surface area (Å²) in [6, 6.07) is 4.48. The van der Waals surface area contributed by atoms with Gasteiger partial charge in [0.15, 0.2) is 0 Å². The minimum absolute atomic E-state index is 0.169. The highest BCUT2D eigenvalue weighted by atomic mass is 79.9. The maximum atomic E-state index is 13.1. The molecule has 0 spiro atoms. The number of halogens is 2. The van der Waals surface area contributed by atoms with Crippen LogP contribution in [0, 0.1) is 11.7 Å². The minimum atomic E-state index is -3.13. The predicted octanol–water partition coefficient (Wildman–Crippen LogP) is 2.64. The number of sulfonamides is 1. The fourth-order valence-corrected chi connectivity index (χ4v) is 3.54. The average molecular weight is 366 g/mol. The molecule has 0 bridgehead atoms. The van der Waals surface area contributed by atoms with Crippen molar-refractivity contribution in [2.75, 3.05) is 26.0 Å². The molecule has 1 atom stereocenters. The third-order valence-electron chi connectivity index (χ3n) is 3.33. The summed E-state index contributed by atoms with van der Waals surface area (Å²) < 4.78 is 43.6. The van der Waals surface area contributed by atoms with E-state index in [1.807, 2.05) is 0 Å². The first-order chi connectivity index (χ1) is 9.36. The van der Waals surface area contributed by atoms with Crippen LogP contribution in [0.4, 0.5) is 4.39 Å². The van der Waals surface area contributed by atoms with Crippen molar-refractivity contribution < 1.29 is 17.5 Å². The SMILES string of the molecule is CS(=O)(=O)N1CCCC(COc2ccc(F)c(Br)c2)C1. The zero-order valence-corrected chi connectivity index (χ0v) is 13.6. The molecule has 1 saturated heterocycles. The standard InChI is InChI=1S/C13H17BrFNO3S/c1-20(17,18)16-6-2-3-10(8-16)9-19-11-4-5-13(15)12(14)7-11/h4-5,7,10H,2-3,6,8-9H2,1H3. The van der Waals surface area contributed by atoms with E-state index in [4.69, 9.17) is 4.74 Å². The summed E-state index contributed by atoms with van der Waals surface area (Å²) in [4.78, 5) is 0. The summed E-state index contributed by atoms with van der Waals surface area (Å²) in [5.74, 6) is 0.412. The third kappa shape index (κ3) is 4.17. The maximum absolute atomic E-state index is 13.1.